The number of rotatable bonds is 4. The minimum Gasteiger partial charge on any atom is -0.394 e. The first-order chi connectivity index (χ1) is 12.2. The highest BCUT2D eigenvalue weighted by atomic mass is 16.3. The van der Waals surface area contributed by atoms with E-state index in [9.17, 15) is 9.90 Å². The number of aliphatic hydroxyl groups is 1. The molecule has 2 aliphatic heterocycles. The van der Waals surface area contributed by atoms with Crippen LogP contribution in [0.5, 0.6) is 0 Å². The van der Waals surface area contributed by atoms with E-state index in [1.54, 1.807) is 11.9 Å². The van der Waals surface area contributed by atoms with E-state index in [0.717, 1.165) is 11.3 Å². The van der Waals surface area contributed by atoms with Crippen molar-refractivity contribution in [1.82, 2.24) is 5.01 Å². The van der Waals surface area contributed by atoms with E-state index in [4.69, 9.17) is 0 Å². The number of aliphatic imine (C=N–C) groups is 2. The zero-order valence-electron chi connectivity index (χ0n) is 16.0. The molecule has 0 radical (unpaired) electrons. The van der Waals surface area contributed by atoms with Gasteiger partial charge < -0.3 is 5.11 Å². The third-order valence-corrected chi connectivity index (χ3v) is 4.86. The molecule has 1 N–H and O–H groups in total. The van der Waals surface area contributed by atoms with E-state index >= 15 is 0 Å². The third kappa shape index (κ3) is 3.33. The highest BCUT2D eigenvalue weighted by Crippen LogP contribution is 2.29. The fourth-order valence-electron chi connectivity index (χ4n) is 3.33. The molecule has 0 saturated carbocycles. The van der Waals surface area contributed by atoms with Gasteiger partial charge in [0.15, 0.2) is 6.04 Å². The number of hydrogen-bond donors (Lipinski definition) is 1. The molecule has 0 spiro atoms. The summed E-state index contributed by atoms with van der Waals surface area (Å²) in [4.78, 5) is 20.8. The number of hydrazone groups is 1. The summed E-state index contributed by atoms with van der Waals surface area (Å²) in [5.41, 5.74) is 3.92. The zero-order valence-corrected chi connectivity index (χ0v) is 16.0. The van der Waals surface area contributed by atoms with Crippen molar-refractivity contribution in [1.29, 1.82) is 0 Å². The summed E-state index contributed by atoms with van der Waals surface area (Å²) in [6.45, 7) is 10.6. The minimum absolute atomic E-state index is 0.00680. The van der Waals surface area contributed by atoms with Gasteiger partial charge in [-0.15, -0.1) is 0 Å². The number of fused-ring (bicyclic) bond motifs is 1. The summed E-state index contributed by atoms with van der Waals surface area (Å²) in [6.07, 6.45) is 0. The average Bonchev–Trinajstić information content (AvgIpc) is 2.92. The molecule has 0 fully saturated rings. The van der Waals surface area contributed by atoms with Gasteiger partial charge in [0, 0.05) is 5.92 Å². The second-order valence-electron chi connectivity index (χ2n) is 7.86. The Bertz CT molecular complexity index is 800. The Morgan fingerprint density at radius 1 is 1.19 bits per heavy atom. The van der Waals surface area contributed by atoms with Crippen LogP contribution in [0.15, 0.2) is 39.4 Å². The Morgan fingerprint density at radius 2 is 1.85 bits per heavy atom. The number of carbonyl (C=O) groups is 1. The first-order valence-corrected chi connectivity index (χ1v) is 8.97. The van der Waals surface area contributed by atoms with Gasteiger partial charge >= 0.3 is 0 Å². The lowest BCUT2D eigenvalue weighted by Gasteiger charge is -2.22. The predicted octanol–water partition coefficient (Wildman–Crippen LogP) is 2.52. The van der Waals surface area contributed by atoms with Gasteiger partial charge in [0.05, 0.1) is 18.9 Å². The molecule has 138 valence electrons. The van der Waals surface area contributed by atoms with E-state index in [1.807, 2.05) is 0 Å². The molecule has 1 aromatic carbocycles. The van der Waals surface area contributed by atoms with Crippen LogP contribution in [0.1, 0.15) is 51.7 Å². The molecule has 2 atom stereocenters. The Balaban J connectivity index is 1.95. The number of β-amino-alcohol motifs (C(OH)–C–C–N with tert-alkyl or cyclic N) is 1. The maximum absolute atomic E-state index is 12.4. The lowest BCUT2D eigenvalue weighted by atomic mass is 9.84. The monoisotopic (exact) mass is 354 g/mol. The molecule has 1 amide bonds. The molecule has 26 heavy (non-hydrogen) atoms. The molecular formula is C20H26N4O2. The van der Waals surface area contributed by atoms with Crippen molar-refractivity contribution < 1.29 is 9.90 Å². The topological polar surface area (TPSA) is 77.6 Å². The van der Waals surface area contributed by atoms with Crippen LogP contribution in [0.4, 0.5) is 0 Å². The van der Waals surface area contributed by atoms with Crippen LogP contribution >= 0.6 is 0 Å². The maximum Gasteiger partial charge on any atom is 0.278 e. The van der Waals surface area contributed by atoms with Gasteiger partial charge in [0.1, 0.15) is 11.5 Å². The fraction of sp³-hybridized carbons (Fsp3) is 0.500. The van der Waals surface area contributed by atoms with Crippen molar-refractivity contribution in [3.8, 4) is 0 Å². The van der Waals surface area contributed by atoms with E-state index in [2.05, 4.69) is 67.0 Å². The van der Waals surface area contributed by atoms with E-state index < -0.39 is 6.04 Å². The van der Waals surface area contributed by atoms with Gasteiger partial charge in [0.25, 0.3) is 5.91 Å². The van der Waals surface area contributed by atoms with E-state index in [1.165, 1.54) is 5.56 Å². The van der Waals surface area contributed by atoms with Crippen LogP contribution in [0.3, 0.4) is 0 Å². The van der Waals surface area contributed by atoms with Crippen molar-refractivity contribution in [2.45, 2.75) is 52.0 Å². The van der Waals surface area contributed by atoms with Crippen molar-refractivity contribution in [3.63, 3.8) is 0 Å². The highest BCUT2D eigenvalue weighted by molar-refractivity contribution is 6.52. The summed E-state index contributed by atoms with van der Waals surface area (Å²) < 4.78 is 0. The Hall–Kier alpha value is -2.34. The largest absolute Gasteiger partial charge is 0.394 e. The quantitative estimate of drug-likeness (QED) is 0.902. The van der Waals surface area contributed by atoms with Crippen LogP contribution in [0, 0.1) is 0 Å². The number of carbonyl (C=O) groups excluding carboxylic acids is 1. The zero-order chi connectivity index (χ0) is 19.1. The van der Waals surface area contributed by atoms with Crippen molar-refractivity contribution in [2.24, 2.45) is 15.1 Å². The van der Waals surface area contributed by atoms with Crippen molar-refractivity contribution in [2.75, 3.05) is 13.2 Å². The molecule has 1 aromatic rings. The Labute approximate surface area is 154 Å². The second-order valence-corrected chi connectivity index (χ2v) is 7.86. The highest BCUT2D eigenvalue weighted by Gasteiger charge is 2.42. The minimum atomic E-state index is -0.614. The van der Waals surface area contributed by atoms with E-state index in [0.29, 0.717) is 11.5 Å². The summed E-state index contributed by atoms with van der Waals surface area (Å²) in [7, 11) is 0. The van der Waals surface area contributed by atoms with Gasteiger partial charge in [0.2, 0.25) is 0 Å². The van der Waals surface area contributed by atoms with Gasteiger partial charge in [-0.3, -0.25) is 9.80 Å². The third-order valence-electron chi connectivity index (χ3n) is 4.86. The van der Waals surface area contributed by atoms with Crippen LogP contribution in [-0.2, 0) is 10.2 Å². The molecule has 6 heteroatoms. The molecule has 0 aromatic heterocycles. The Morgan fingerprint density at radius 3 is 2.42 bits per heavy atom. The molecule has 2 aliphatic rings. The lowest BCUT2D eigenvalue weighted by Crippen LogP contribution is -2.44. The van der Waals surface area contributed by atoms with Crippen LogP contribution in [0.2, 0.25) is 0 Å². The molecule has 0 aliphatic carbocycles. The van der Waals surface area contributed by atoms with E-state index in [-0.39, 0.29) is 30.4 Å². The predicted molar refractivity (Wildman–Crippen MR) is 104 cm³/mol. The molecule has 6 nitrogen and oxygen atoms in total. The van der Waals surface area contributed by atoms with Gasteiger partial charge in [-0.1, -0.05) is 52.0 Å². The van der Waals surface area contributed by atoms with Gasteiger partial charge in [-0.25, -0.2) is 4.99 Å². The smallest absolute Gasteiger partial charge is 0.278 e. The fourth-order valence-corrected chi connectivity index (χ4v) is 3.33. The standard InChI is InChI=1S/C20H26N4O2/c1-12(14-6-8-15(9-7-14)20(3,4)5)16-17-18(24(23-16)10-11-25)19(26)22-13(2)21-17/h6-9,12,18,25H,10-11H2,1-5H3. The van der Waals surface area contributed by atoms with Crippen LogP contribution in [0.25, 0.3) is 0 Å². The number of aliphatic hydroxyl groups excluding tert-OH is 1. The number of benzene rings is 1. The number of amides is 1. The lowest BCUT2D eigenvalue weighted by molar-refractivity contribution is -0.120. The first-order valence-electron chi connectivity index (χ1n) is 8.97. The van der Waals surface area contributed by atoms with Gasteiger partial charge in [-0.05, 0) is 23.5 Å². The SMILES string of the molecule is CC1=NC(=O)C2C(=N1)C(C(C)c1ccc(C(C)(C)C)cc1)=NN2CCO. The summed E-state index contributed by atoms with van der Waals surface area (Å²) in [6, 6.07) is 7.90. The van der Waals surface area contributed by atoms with Crippen LogP contribution in [-0.4, -0.2) is 52.5 Å². The molecular weight excluding hydrogens is 328 g/mol. The first kappa shape index (κ1) is 18.5. The summed E-state index contributed by atoms with van der Waals surface area (Å²) in [5.74, 6) is 0.178. The summed E-state index contributed by atoms with van der Waals surface area (Å²) in [5, 5.41) is 15.5. The number of amidine groups is 1. The molecule has 0 bridgehead atoms. The molecule has 3 rings (SSSR count). The second kappa shape index (κ2) is 6.76. The molecule has 0 saturated heterocycles. The van der Waals surface area contributed by atoms with Crippen molar-refractivity contribution >= 4 is 23.2 Å². The maximum atomic E-state index is 12.4. The molecule has 2 unspecified atom stereocenters. The van der Waals surface area contributed by atoms with Crippen molar-refractivity contribution in [3.05, 3.63) is 35.4 Å². The number of nitrogens with zero attached hydrogens (tertiary/aromatic N) is 4. The van der Waals surface area contributed by atoms with Crippen LogP contribution < -0.4 is 0 Å². The normalized spacial score (nSPS) is 21.2. The number of hydrogen-bond acceptors (Lipinski definition) is 5. The summed E-state index contributed by atoms with van der Waals surface area (Å²) >= 11 is 0. The van der Waals surface area contributed by atoms with Gasteiger partial charge in [-0.2, -0.15) is 10.1 Å². The average molecular weight is 354 g/mol. The Kier molecular flexibility index (Phi) is 4.80. The molecule has 2 heterocycles.